The lowest BCUT2D eigenvalue weighted by atomic mass is 10.3. The minimum absolute atomic E-state index is 0.319. The number of esters is 1. The molecular weight excluding hydrogens is 144 g/mol. The quantitative estimate of drug-likeness (QED) is 0.353. The van der Waals surface area contributed by atoms with Crippen LogP contribution >= 0.6 is 0 Å². The first-order valence-electron chi connectivity index (χ1n) is 3.67. The molecule has 0 N–H and O–H groups in total. The zero-order valence-corrected chi connectivity index (χ0v) is 7.22. The van der Waals surface area contributed by atoms with Crippen molar-refractivity contribution in [2.75, 3.05) is 13.2 Å². The summed E-state index contributed by atoms with van der Waals surface area (Å²) in [4.78, 5) is 10.9. The van der Waals surface area contributed by atoms with Crippen LogP contribution in [0.4, 0.5) is 0 Å². The first-order chi connectivity index (χ1) is 5.22. The molecule has 0 aliphatic rings. The molecule has 0 amide bonds. The van der Waals surface area contributed by atoms with Crippen LogP contribution in [0, 0.1) is 0 Å². The molecule has 0 aliphatic carbocycles. The van der Waals surface area contributed by atoms with Crippen molar-refractivity contribution in [2.45, 2.75) is 20.8 Å². The molecule has 0 spiro atoms. The van der Waals surface area contributed by atoms with Gasteiger partial charge in [-0.05, 0) is 20.8 Å². The highest BCUT2D eigenvalue weighted by Crippen LogP contribution is 1.96. The van der Waals surface area contributed by atoms with E-state index in [-0.39, 0.29) is 5.97 Å². The van der Waals surface area contributed by atoms with E-state index in [1.54, 1.807) is 13.8 Å². The summed E-state index contributed by atoms with van der Waals surface area (Å²) in [5, 5.41) is 0. The van der Waals surface area contributed by atoms with Gasteiger partial charge in [-0.1, -0.05) is 0 Å². The number of carbonyl (C=O) groups excluding carboxylic acids is 1. The average Bonchev–Trinajstić information content (AvgIpc) is 2.00. The summed E-state index contributed by atoms with van der Waals surface area (Å²) in [6, 6.07) is 0. The van der Waals surface area contributed by atoms with Crippen LogP contribution in [0.25, 0.3) is 0 Å². The Morgan fingerprint density at radius 2 is 2.00 bits per heavy atom. The van der Waals surface area contributed by atoms with Gasteiger partial charge in [0.05, 0.1) is 25.0 Å². The molecule has 3 nitrogen and oxygen atoms in total. The molecule has 0 aromatic rings. The van der Waals surface area contributed by atoms with Crippen LogP contribution in [-0.2, 0) is 14.3 Å². The molecule has 0 aliphatic heterocycles. The van der Waals surface area contributed by atoms with Gasteiger partial charge >= 0.3 is 5.97 Å². The van der Waals surface area contributed by atoms with Gasteiger partial charge in [0.1, 0.15) is 0 Å². The summed E-state index contributed by atoms with van der Waals surface area (Å²) >= 11 is 0. The van der Waals surface area contributed by atoms with E-state index in [4.69, 9.17) is 9.47 Å². The summed E-state index contributed by atoms with van der Waals surface area (Å²) in [6.07, 6.45) is 1.41. The monoisotopic (exact) mass is 158 g/mol. The third-order valence-corrected chi connectivity index (χ3v) is 1.02. The smallest absolute Gasteiger partial charge is 0.336 e. The molecule has 64 valence electrons. The molecule has 0 atom stereocenters. The van der Waals surface area contributed by atoms with Gasteiger partial charge in [-0.15, -0.1) is 0 Å². The maximum Gasteiger partial charge on any atom is 0.336 e. The first-order valence-corrected chi connectivity index (χ1v) is 3.67. The second-order valence-corrected chi connectivity index (χ2v) is 1.98. The Kier molecular flexibility index (Phi) is 5.25. The first kappa shape index (κ1) is 10.0. The molecule has 0 heterocycles. The number of ether oxygens (including phenoxy) is 2. The molecule has 0 fully saturated rings. The molecule has 0 radical (unpaired) electrons. The molecule has 11 heavy (non-hydrogen) atoms. The molecule has 3 heteroatoms. The van der Waals surface area contributed by atoms with Gasteiger partial charge in [0, 0.05) is 0 Å². The SMILES string of the molecule is CCO/C=C(/C)C(=O)OCC. The highest BCUT2D eigenvalue weighted by atomic mass is 16.5. The average molecular weight is 158 g/mol. The van der Waals surface area contributed by atoms with Crippen LogP contribution in [-0.4, -0.2) is 19.2 Å². The van der Waals surface area contributed by atoms with Gasteiger partial charge in [0.25, 0.3) is 0 Å². The Balaban J connectivity index is 3.80. The molecule has 0 rings (SSSR count). The maximum absolute atomic E-state index is 10.9. The Bertz CT molecular complexity index is 149. The summed E-state index contributed by atoms with van der Waals surface area (Å²) in [5.74, 6) is -0.319. The fraction of sp³-hybridized carbons (Fsp3) is 0.625. The number of hydrogen-bond donors (Lipinski definition) is 0. The summed E-state index contributed by atoms with van der Waals surface area (Å²) in [6.45, 7) is 6.25. The molecular formula is C8H14O3. The topological polar surface area (TPSA) is 35.5 Å². The second-order valence-electron chi connectivity index (χ2n) is 1.98. The van der Waals surface area contributed by atoms with Crippen molar-refractivity contribution in [3.63, 3.8) is 0 Å². The lowest BCUT2D eigenvalue weighted by Gasteiger charge is -2.00. The lowest BCUT2D eigenvalue weighted by molar-refractivity contribution is -0.138. The minimum Gasteiger partial charge on any atom is -0.501 e. The molecule has 0 aromatic carbocycles. The predicted octanol–water partition coefficient (Wildman–Crippen LogP) is 1.49. The molecule has 0 saturated heterocycles. The zero-order valence-electron chi connectivity index (χ0n) is 7.22. The largest absolute Gasteiger partial charge is 0.501 e. The van der Waals surface area contributed by atoms with Crippen molar-refractivity contribution in [1.29, 1.82) is 0 Å². The normalized spacial score (nSPS) is 11.0. The van der Waals surface area contributed by atoms with E-state index in [9.17, 15) is 4.79 Å². The van der Waals surface area contributed by atoms with Crippen molar-refractivity contribution in [3.05, 3.63) is 11.8 Å². The molecule has 0 bridgehead atoms. The van der Waals surface area contributed by atoms with E-state index in [1.165, 1.54) is 6.26 Å². The fourth-order valence-electron chi connectivity index (χ4n) is 0.501. The third kappa shape index (κ3) is 4.42. The predicted molar refractivity (Wildman–Crippen MR) is 42.0 cm³/mol. The summed E-state index contributed by atoms with van der Waals surface area (Å²) < 4.78 is 9.61. The minimum atomic E-state index is -0.319. The van der Waals surface area contributed by atoms with Crippen LogP contribution < -0.4 is 0 Å². The Morgan fingerprint density at radius 3 is 2.45 bits per heavy atom. The maximum atomic E-state index is 10.9. The Hall–Kier alpha value is -0.990. The van der Waals surface area contributed by atoms with Gasteiger partial charge in [-0.2, -0.15) is 0 Å². The van der Waals surface area contributed by atoms with Crippen molar-refractivity contribution in [3.8, 4) is 0 Å². The van der Waals surface area contributed by atoms with E-state index < -0.39 is 0 Å². The molecule has 0 saturated carbocycles. The van der Waals surface area contributed by atoms with Crippen molar-refractivity contribution in [1.82, 2.24) is 0 Å². The fourth-order valence-corrected chi connectivity index (χ4v) is 0.501. The zero-order chi connectivity index (χ0) is 8.69. The highest BCUT2D eigenvalue weighted by Gasteiger charge is 2.03. The molecule has 0 aromatic heterocycles. The van der Waals surface area contributed by atoms with E-state index in [2.05, 4.69) is 0 Å². The summed E-state index contributed by atoms with van der Waals surface area (Å²) in [5.41, 5.74) is 0.494. The van der Waals surface area contributed by atoms with Gasteiger partial charge in [0.2, 0.25) is 0 Å². The van der Waals surface area contributed by atoms with E-state index in [0.29, 0.717) is 18.8 Å². The number of rotatable bonds is 4. The van der Waals surface area contributed by atoms with Crippen LogP contribution in [0.2, 0.25) is 0 Å². The van der Waals surface area contributed by atoms with Crippen LogP contribution in [0.3, 0.4) is 0 Å². The van der Waals surface area contributed by atoms with Crippen LogP contribution in [0.5, 0.6) is 0 Å². The van der Waals surface area contributed by atoms with Crippen molar-refractivity contribution in [2.24, 2.45) is 0 Å². The number of hydrogen-bond acceptors (Lipinski definition) is 3. The van der Waals surface area contributed by atoms with E-state index in [0.717, 1.165) is 0 Å². The van der Waals surface area contributed by atoms with E-state index in [1.807, 2.05) is 6.92 Å². The highest BCUT2D eigenvalue weighted by molar-refractivity contribution is 5.87. The van der Waals surface area contributed by atoms with Gasteiger partial charge < -0.3 is 9.47 Å². The van der Waals surface area contributed by atoms with Crippen molar-refractivity contribution >= 4 is 5.97 Å². The summed E-state index contributed by atoms with van der Waals surface area (Å²) in [7, 11) is 0. The Labute approximate surface area is 67.0 Å². The number of carbonyl (C=O) groups is 1. The Morgan fingerprint density at radius 1 is 1.36 bits per heavy atom. The van der Waals surface area contributed by atoms with Crippen molar-refractivity contribution < 1.29 is 14.3 Å². The lowest BCUT2D eigenvalue weighted by Crippen LogP contribution is -2.05. The third-order valence-electron chi connectivity index (χ3n) is 1.02. The van der Waals surface area contributed by atoms with Gasteiger partial charge in [-0.3, -0.25) is 0 Å². The standard InChI is InChI=1S/C8H14O3/c1-4-10-6-7(3)8(9)11-5-2/h6H,4-5H2,1-3H3/b7-6-. The van der Waals surface area contributed by atoms with Crippen LogP contribution in [0.15, 0.2) is 11.8 Å². The van der Waals surface area contributed by atoms with Gasteiger partial charge in [-0.25, -0.2) is 4.79 Å². The van der Waals surface area contributed by atoms with E-state index >= 15 is 0 Å². The molecule has 0 unspecified atom stereocenters. The second kappa shape index (κ2) is 5.77. The van der Waals surface area contributed by atoms with Gasteiger partial charge in [0.15, 0.2) is 0 Å². The van der Waals surface area contributed by atoms with Crippen LogP contribution in [0.1, 0.15) is 20.8 Å².